The lowest BCUT2D eigenvalue weighted by Crippen LogP contribution is -2.45. The van der Waals surface area contributed by atoms with Gasteiger partial charge in [0.05, 0.1) is 0 Å². The van der Waals surface area contributed by atoms with Crippen molar-refractivity contribution in [2.24, 2.45) is 11.8 Å². The van der Waals surface area contributed by atoms with Crippen molar-refractivity contribution in [3.63, 3.8) is 0 Å². The van der Waals surface area contributed by atoms with Crippen molar-refractivity contribution >= 4 is 0 Å². The van der Waals surface area contributed by atoms with Crippen LogP contribution in [0.4, 0.5) is 4.39 Å². The summed E-state index contributed by atoms with van der Waals surface area (Å²) in [6.45, 7) is 6.27. The molecule has 1 aliphatic rings. The molecule has 0 aliphatic carbocycles. The fourth-order valence-corrected chi connectivity index (χ4v) is 2.31. The average molecular weight is 217 g/mol. The second-order valence-corrected chi connectivity index (χ2v) is 4.88. The second-order valence-electron chi connectivity index (χ2n) is 4.88. The first kappa shape index (κ1) is 12.9. The van der Waals surface area contributed by atoms with Crippen molar-refractivity contribution in [2.45, 2.75) is 38.8 Å². The van der Waals surface area contributed by atoms with Crippen molar-refractivity contribution in [2.75, 3.05) is 26.8 Å². The van der Waals surface area contributed by atoms with E-state index in [1.165, 1.54) is 0 Å². The van der Waals surface area contributed by atoms with Crippen LogP contribution in [0, 0.1) is 11.8 Å². The number of piperidine rings is 1. The molecule has 15 heavy (non-hydrogen) atoms. The average Bonchev–Trinajstić information content (AvgIpc) is 2.27. The summed E-state index contributed by atoms with van der Waals surface area (Å²) in [7, 11) is 1.67. The van der Waals surface area contributed by atoms with E-state index in [4.69, 9.17) is 4.74 Å². The van der Waals surface area contributed by atoms with Gasteiger partial charge < -0.3 is 10.1 Å². The highest BCUT2D eigenvalue weighted by molar-refractivity contribution is 4.90. The lowest BCUT2D eigenvalue weighted by Gasteiger charge is -2.38. The van der Waals surface area contributed by atoms with Crippen molar-refractivity contribution in [3.05, 3.63) is 0 Å². The molecule has 1 aliphatic heterocycles. The molecule has 0 saturated carbocycles. The van der Waals surface area contributed by atoms with Crippen LogP contribution >= 0.6 is 0 Å². The Balaban J connectivity index is 2.46. The Morgan fingerprint density at radius 1 is 1.60 bits per heavy atom. The molecule has 0 amide bonds. The van der Waals surface area contributed by atoms with Gasteiger partial charge in [-0.25, -0.2) is 4.39 Å². The van der Waals surface area contributed by atoms with Crippen LogP contribution in [0.5, 0.6) is 0 Å². The number of rotatable bonds is 5. The minimum atomic E-state index is -1.06. The minimum absolute atomic E-state index is 0.0716. The minimum Gasteiger partial charge on any atom is -0.385 e. The lowest BCUT2D eigenvalue weighted by molar-refractivity contribution is 0.0144. The zero-order valence-corrected chi connectivity index (χ0v) is 10.2. The summed E-state index contributed by atoms with van der Waals surface area (Å²) in [5, 5.41) is 3.28. The first-order valence-electron chi connectivity index (χ1n) is 5.97. The summed E-state index contributed by atoms with van der Waals surface area (Å²) < 4.78 is 19.6. The molecule has 0 radical (unpaired) electrons. The van der Waals surface area contributed by atoms with Gasteiger partial charge in [0.1, 0.15) is 5.67 Å². The maximum absolute atomic E-state index is 14.6. The van der Waals surface area contributed by atoms with Gasteiger partial charge in [-0.05, 0) is 38.6 Å². The Morgan fingerprint density at radius 3 is 2.87 bits per heavy atom. The maximum atomic E-state index is 14.6. The van der Waals surface area contributed by atoms with E-state index in [2.05, 4.69) is 5.32 Å². The molecule has 1 rings (SSSR count). The van der Waals surface area contributed by atoms with Gasteiger partial charge in [0.2, 0.25) is 0 Å². The summed E-state index contributed by atoms with van der Waals surface area (Å²) >= 11 is 0. The van der Waals surface area contributed by atoms with Crippen molar-refractivity contribution < 1.29 is 9.13 Å². The van der Waals surface area contributed by atoms with Crippen LogP contribution in [0.15, 0.2) is 0 Å². The highest BCUT2D eigenvalue weighted by atomic mass is 19.1. The van der Waals surface area contributed by atoms with Crippen molar-refractivity contribution in [1.29, 1.82) is 0 Å². The molecule has 1 N–H and O–H groups in total. The molecule has 1 heterocycles. The summed E-state index contributed by atoms with van der Waals surface area (Å²) in [5.41, 5.74) is -1.06. The van der Waals surface area contributed by atoms with E-state index < -0.39 is 5.67 Å². The third-order valence-corrected chi connectivity index (χ3v) is 3.81. The zero-order chi connectivity index (χ0) is 11.3. The highest BCUT2D eigenvalue weighted by Gasteiger charge is 2.39. The molecule has 90 valence electrons. The molecule has 1 saturated heterocycles. The first-order valence-corrected chi connectivity index (χ1v) is 5.97. The summed E-state index contributed by atoms with van der Waals surface area (Å²) in [4.78, 5) is 0. The molecule has 2 nitrogen and oxygen atoms in total. The fraction of sp³-hybridized carbons (Fsp3) is 1.00. The Morgan fingerprint density at radius 2 is 2.33 bits per heavy atom. The molecular formula is C12H24FNO. The number of hydrogen-bond donors (Lipinski definition) is 1. The van der Waals surface area contributed by atoms with Crippen molar-refractivity contribution in [1.82, 2.24) is 5.32 Å². The highest BCUT2D eigenvalue weighted by Crippen LogP contribution is 2.36. The van der Waals surface area contributed by atoms with Crippen LogP contribution in [-0.2, 0) is 4.74 Å². The van der Waals surface area contributed by atoms with Gasteiger partial charge in [-0.2, -0.15) is 0 Å². The van der Waals surface area contributed by atoms with Crippen LogP contribution in [0.1, 0.15) is 33.1 Å². The maximum Gasteiger partial charge on any atom is 0.114 e. The second kappa shape index (κ2) is 5.80. The number of methoxy groups -OCH3 is 1. The Bertz CT molecular complexity index is 178. The number of ether oxygens (including phenoxy) is 1. The van der Waals surface area contributed by atoms with Crippen LogP contribution in [0.3, 0.4) is 0 Å². The molecule has 3 heteroatoms. The van der Waals surface area contributed by atoms with Crippen molar-refractivity contribution in [3.8, 4) is 0 Å². The van der Waals surface area contributed by atoms with Gasteiger partial charge in [-0.15, -0.1) is 0 Å². The standard InChI is InChI=1S/C12H24FNO/c1-10(6-8-15-3)12(2,13)11-5-4-7-14-9-11/h10-11,14H,4-9H2,1-3H3. The van der Waals surface area contributed by atoms with Gasteiger partial charge in [0, 0.05) is 26.2 Å². The van der Waals surface area contributed by atoms with E-state index >= 15 is 0 Å². The third kappa shape index (κ3) is 3.42. The van der Waals surface area contributed by atoms with E-state index in [1.54, 1.807) is 14.0 Å². The predicted octanol–water partition coefficient (Wildman–Crippen LogP) is 2.39. The summed E-state index contributed by atoms with van der Waals surface area (Å²) in [6.07, 6.45) is 2.92. The topological polar surface area (TPSA) is 21.3 Å². The largest absolute Gasteiger partial charge is 0.385 e. The van der Waals surface area contributed by atoms with E-state index in [0.717, 1.165) is 32.4 Å². The quantitative estimate of drug-likeness (QED) is 0.763. The first-order chi connectivity index (χ1) is 7.09. The molecular weight excluding hydrogens is 193 g/mol. The molecule has 0 bridgehead atoms. The molecule has 0 spiro atoms. The van der Waals surface area contributed by atoms with E-state index in [9.17, 15) is 4.39 Å². The SMILES string of the molecule is COCCC(C)C(C)(F)C1CCCNC1. The van der Waals surface area contributed by atoms with Gasteiger partial charge in [-0.3, -0.25) is 0 Å². The Labute approximate surface area is 92.6 Å². The van der Waals surface area contributed by atoms with Gasteiger partial charge in [0.25, 0.3) is 0 Å². The van der Waals surface area contributed by atoms with Crippen LogP contribution in [0.25, 0.3) is 0 Å². The number of nitrogens with one attached hydrogen (secondary N) is 1. The normalized spacial score (nSPS) is 28.4. The third-order valence-electron chi connectivity index (χ3n) is 3.81. The molecule has 0 aromatic heterocycles. The van der Waals surface area contributed by atoms with Gasteiger partial charge in [0.15, 0.2) is 0 Å². The van der Waals surface area contributed by atoms with E-state index in [-0.39, 0.29) is 11.8 Å². The Kier molecular flexibility index (Phi) is 5.00. The number of alkyl halides is 1. The predicted molar refractivity (Wildman–Crippen MR) is 60.8 cm³/mol. The number of hydrogen-bond acceptors (Lipinski definition) is 2. The monoisotopic (exact) mass is 217 g/mol. The van der Waals surface area contributed by atoms with E-state index in [1.807, 2.05) is 6.92 Å². The van der Waals surface area contributed by atoms with Crippen LogP contribution in [0.2, 0.25) is 0 Å². The zero-order valence-electron chi connectivity index (χ0n) is 10.2. The smallest absolute Gasteiger partial charge is 0.114 e. The molecule has 3 atom stereocenters. The van der Waals surface area contributed by atoms with Gasteiger partial charge in [-0.1, -0.05) is 6.92 Å². The molecule has 3 unspecified atom stereocenters. The van der Waals surface area contributed by atoms with Crippen LogP contribution < -0.4 is 5.32 Å². The fourth-order valence-electron chi connectivity index (χ4n) is 2.31. The Hall–Kier alpha value is -0.150. The summed E-state index contributed by atoms with van der Waals surface area (Å²) in [5.74, 6) is 0.237. The lowest BCUT2D eigenvalue weighted by atomic mass is 9.76. The summed E-state index contributed by atoms with van der Waals surface area (Å²) in [6, 6.07) is 0. The van der Waals surface area contributed by atoms with E-state index in [0.29, 0.717) is 6.61 Å². The van der Waals surface area contributed by atoms with Gasteiger partial charge >= 0.3 is 0 Å². The molecule has 0 aromatic rings. The van der Waals surface area contributed by atoms with Crippen LogP contribution in [-0.4, -0.2) is 32.5 Å². The molecule has 0 aromatic carbocycles. The molecule has 1 fully saturated rings. The number of halogens is 1.